The van der Waals surface area contributed by atoms with Crippen molar-refractivity contribution in [2.24, 2.45) is 5.92 Å². The first kappa shape index (κ1) is 18.3. The van der Waals surface area contributed by atoms with Crippen LogP contribution in [0.15, 0.2) is 42.5 Å². The zero-order chi connectivity index (χ0) is 19.5. The first-order valence-electron chi connectivity index (χ1n) is 9.62. The van der Waals surface area contributed by atoms with Crippen LogP contribution in [0.4, 0.5) is 5.95 Å². The summed E-state index contributed by atoms with van der Waals surface area (Å²) < 4.78 is 7.22. The zero-order valence-corrected chi connectivity index (χ0v) is 16.3. The normalized spacial score (nSPS) is 16.9. The molecule has 28 heavy (non-hydrogen) atoms. The van der Waals surface area contributed by atoms with Gasteiger partial charge in [0.25, 0.3) is 0 Å². The molecule has 3 heterocycles. The highest BCUT2D eigenvalue weighted by molar-refractivity contribution is 5.79. The Labute approximate surface area is 164 Å². The highest BCUT2D eigenvalue weighted by Gasteiger charge is 2.28. The predicted octanol–water partition coefficient (Wildman–Crippen LogP) is 2.58. The molecule has 1 aliphatic heterocycles. The van der Waals surface area contributed by atoms with E-state index in [0.717, 1.165) is 48.0 Å². The van der Waals surface area contributed by atoms with Crippen LogP contribution in [0, 0.1) is 12.8 Å². The van der Waals surface area contributed by atoms with Crippen molar-refractivity contribution in [3.05, 3.63) is 53.7 Å². The minimum absolute atomic E-state index is 0.0524. The summed E-state index contributed by atoms with van der Waals surface area (Å²) in [6.07, 6.45) is 1.85. The number of pyridine rings is 1. The number of carbonyl (C=O) groups excluding carboxylic acids is 1. The topological polar surface area (TPSA) is 71.8 Å². The second-order valence-corrected chi connectivity index (χ2v) is 7.21. The molecule has 1 N–H and O–H groups in total. The third-order valence-electron chi connectivity index (χ3n) is 5.31. The largest absolute Gasteiger partial charge is 0.497 e. The Hall–Kier alpha value is -3.09. The Balaban J connectivity index is 1.42. The number of ether oxygens (including phenoxy) is 1. The van der Waals surface area contributed by atoms with Gasteiger partial charge in [-0.15, -0.1) is 10.2 Å². The number of aromatic nitrogens is 3. The third kappa shape index (κ3) is 3.65. The lowest BCUT2D eigenvalue weighted by Gasteiger charge is -2.32. The van der Waals surface area contributed by atoms with Crippen molar-refractivity contribution in [2.45, 2.75) is 26.3 Å². The fourth-order valence-corrected chi connectivity index (χ4v) is 3.74. The molecule has 1 saturated heterocycles. The molecule has 0 saturated carbocycles. The van der Waals surface area contributed by atoms with E-state index < -0.39 is 0 Å². The number of hydrogen-bond donors (Lipinski definition) is 1. The number of methoxy groups -OCH3 is 1. The second-order valence-electron chi connectivity index (χ2n) is 7.21. The molecule has 1 atom stereocenters. The first-order chi connectivity index (χ1) is 13.7. The molecule has 1 aromatic carbocycles. The lowest BCUT2D eigenvalue weighted by Crippen LogP contribution is -2.43. The van der Waals surface area contributed by atoms with E-state index in [9.17, 15) is 4.79 Å². The quantitative estimate of drug-likeness (QED) is 0.738. The number of rotatable bonds is 5. The second kappa shape index (κ2) is 7.88. The molecular formula is C21H25N5O2. The van der Waals surface area contributed by atoms with Gasteiger partial charge in [-0.3, -0.25) is 9.20 Å². The summed E-state index contributed by atoms with van der Waals surface area (Å²) in [4.78, 5) is 14.9. The van der Waals surface area contributed by atoms with E-state index in [1.807, 2.05) is 49.4 Å². The van der Waals surface area contributed by atoms with Crippen molar-refractivity contribution < 1.29 is 9.53 Å². The Morgan fingerprint density at radius 3 is 2.82 bits per heavy atom. The molecular weight excluding hydrogens is 354 g/mol. The summed E-state index contributed by atoms with van der Waals surface area (Å²) in [5, 5.41) is 11.7. The maximum atomic E-state index is 12.7. The van der Waals surface area contributed by atoms with Gasteiger partial charge in [-0.05, 0) is 49.6 Å². The number of hydrogen-bond acceptors (Lipinski definition) is 5. The van der Waals surface area contributed by atoms with Gasteiger partial charge in [0.2, 0.25) is 11.9 Å². The molecule has 2 aromatic heterocycles. The lowest BCUT2D eigenvalue weighted by molar-refractivity contribution is -0.125. The standard InChI is InChI=1S/C21H25N5O2/c1-15-5-3-7-19-23-24-21(26(15)19)25-12-4-6-17(14-25)20(27)22-13-16-8-10-18(28-2)11-9-16/h3,5,7-11,17H,4,6,12-14H2,1-2H3,(H,22,27). The first-order valence-corrected chi connectivity index (χ1v) is 9.62. The number of piperidine rings is 1. The van der Waals surface area contributed by atoms with Crippen LogP contribution in [0.2, 0.25) is 0 Å². The number of nitrogens with zero attached hydrogens (tertiary/aromatic N) is 4. The molecule has 7 nitrogen and oxygen atoms in total. The van der Waals surface area contributed by atoms with Crippen molar-refractivity contribution in [3.8, 4) is 5.75 Å². The van der Waals surface area contributed by atoms with Crippen LogP contribution >= 0.6 is 0 Å². The molecule has 3 aromatic rings. The maximum Gasteiger partial charge on any atom is 0.231 e. The van der Waals surface area contributed by atoms with E-state index >= 15 is 0 Å². The average Bonchev–Trinajstić information content (AvgIpc) is 3.18. The molecule has 1 amide bonds. The minimum atomic E-state index is -0.0524. The van der Waals surface area contributed by atoms with E-state index in [0.29, 0.717) is 13.1 Å². The number of benzene rings is 1. The fourth-order valence-electron chi connectivity index (χ4n) is 3.74. The van der Waals surface area contributed by atoms with E-state index in [1.165, 1.54) is 0 Å². The number of amides is 1. The van der Waals surface area contributed by atoms with Crippen LogP contribution in [0.25, 0.3) is 5.65 Å². The molecule has 1 unspecified atom stereocenters. The smallest absolute Gasteiger partial charge is 0.231 e. The number of carbonyl (C=O) groups is 1. The maximum absolute atomic E-state index is 12.7. The zero-order valence-electron chi connectivity index (χ0n) is 16.3. The van der Waals surface area contributed by atoms with Crippen LogP contribution in [0.1, 0.15) is 24.1 Å². The summed E-state index contributed by atoms with van der Waals surface area (Å²) >= 11 is 0. The summed E-state index contributed by atoms with van der Waals surface area (Å²) in [5.74, 6) is 1.67. The van der Waals surface area contributed by atoms with Gasteiger partial charge in [0, 0.05) is 25.3 Å². The van der Waals surface area contributed by atoms with Gasteiger partial charge in [0.15, 0.2) is 5.65 Å². The molecule has 1 fully saturated rings. The molecule has 7 heteroatoms. The Kier molecular flexibility index (Phi) is 5.14. The predicted molar refractivity (Wildman–Crippen MR) is 108 cm³/mol. The number of aryl methyl sites for hydroxylation is 1. The minimum Gasteiger partial charge on any atom is -0.497 e. The number of fused-ring (bicyclic) bond motifs is 1. The van der Waals surface area contributed by atoms with Gasteiger partial charge in [0.1, 0.15) is 5.75 Å². The highest BCUT2D eigenvalue weighted by Crippen LogP contribution is 2.23. The van der Waals surface area contributed by atoms with Crippen LogP contribution in [0.5, 0.6) is 5.75 Å². The lowest BCUT2D eigenvalue weighted by atomic mass is 9.97. The van der Waals surface area contributed by atoms with Crippen molar-refractivity contribution in [3.63, 3.8) is 0 Å². The van der Waals surface area contributed by atoms with Gasteiger partial charge in [0.05, 0.1) is 13.0 Å². The van der Waals surface area contributed by atoms with Crippen LogP contribution in [-0.2, 0) is 11.3 Å². The molecule has 0 spiro atoms. The molecule has 146 valence electrons. The van der Waals surface area contributed by atoms with Crippen LogP contribution in [0.3, 0.4) is 0 Å². The van der Waals surface area contributed by atoms with Gasteiger partial charge in [-0.2, -0.15) is 0 Å². The Morgan fingerprint density at radius 2 is 2.04 bits per heavy atom. The molecule has 0 bridgehead atoms. The third-order valence-corrected chi connectivity index (χ3v) is 5.31. The van der Waals surface area contributed by atoms with Crippen molar-refractivity contribution in [2.75, 3.05) is 25.1 Å². The molecule has 0 radical (unpaired) electrons. The monoisotopic (exact) mass is 379 g/mol. The van der Waals surface area contributed by atoms with Crippen LogP contribution < -0.4 is 15.0 Å². The highest BCUT2D eigenvalue weighted by atomic mass is 16.5. The summed E-state index contributed by atoms with van der Waals surface area (Å²) in [7, 11) is 1.64. The summed E-state index contributed by atoms with van der Waals surface area (Å²) in [6, 6.07) is 13.7. The van der Waals surface area contributed by atoms with E-state index in [4.69, 9.17) is 4.74 Å². The Bertz CT molecular complexity index is 967. The van der Waals surface area contributed by atoms with E-state index in [-0.39, 0.29) is 11.8 Å². The van der Waals surface area contributed by atoms with E-state index in [1.54, 1.807) is 7.11 Å². The number of anilines is 1. The summed E-state index contributed by atoms with van der Waals surface area (Å²) in [5.41, 5.74) is 2.98. The van der Waals surface area contributed by atoms with Crippen molar-refractivity contribution in [1.29, 1.82) is 0 Å². The summed E-state index contributed by atoms with van der Waals surface area (Å²) in [6.45, 7) is 4.11. The van der Waals surface area contributed by atoms with Crippen LogP contribution in [-0.4, -0.2) is 40.7 Å². The number of nitrogens with one attached hydrogen (secondary N) is 1. The molecule has 0 aliphatic carbocycles. The van der Waals surface area contributed by atoms with Crippen molar-refractivity contribution in [1.82, 2.24) is 19.9 Å². The van der Waals surface area contributed by atoms with Gasteiger partial charge in [-0.1, -0.05) is 18.2 Å². The van der Waals surface area contributed by atoms with Gasteiger partial charge >= 0.3 is 0 Å². The molecule has 1 aliphatic rings. The van der Waals surface area contributed by atoms with Gasteiger partial charge < -0.3 is 15.0 Å². The SMILES string of the molecule is COc1ccc(CNC(=O)C2CCCN(c3nnc4cccc(C)n34)C2)cc1. The van der Waals surface area contributed by atoms with Crippen molar-refractivity contribution >= 4 is 17.5 Å². The Morgan fingerprint density at radius 1 is 1.21 bits per heavy atom. The fraction of sp³-hybridized carbons (Fsp3) is 0.381. The average molecular weight is 379 g/mol. The molecule has 4 rings (SSSR count). The van der Waals surface area contributed by atoms with E-state index in [2.05, 4.69) is 24.8 Å². The van der Waals surface area contributed by atoms with Gasteiger partial charge in [-0.25, -0.2) is 0 Å².